The van der Waals surface area contributed by atoms with Gasteiger partial charge in [0.2, 0.25) is 5.82 Å². The first kappa shape index (κ1) is 18.5. The fraction of sp³-hybridized carbons (Fsp3) is 0.273. The summed E-state index contributed by atoms with van der Waals surface area (Å²) in [5, 5.41) is 12.7. The minimum Gasteiger partial charge on any atom is -0.494 e. The summed E-state index contributed by atoms with van der Waals surface area (Å²) in [5.74, 6) is 1.72. The fourth-order valence-corrected chi connectivity index (χ4v) is 3.55. The molecule has 0 amide bonds. The van der Waals surface area contributed by atoms with Gasteiger partial charge >= 0.3 is 0 Å². The number of fused-ring (bicyclic) bond motifs is 1. The summed E-state index contributed by atoms with van der Waals surface area (Å²) in [6.45, 7) is 5.57. The van der Waals surface area contributed by atoms with Crippen molar-refractivity contribution in [3.8, 4) is 28.7 Å². The van der Waals surface area contributed by atoms with Crippen molar-refractivity contribution in [2.24, 2.45) is 0 Å². The van der Waals surface area contributed by atoms with Gasteiger partial charge in [-0.2, -0.15) is 4.98 Å². The van der Waals surface area contributed by atoms with Crippen molar-refractivity contribution in [3.63, 3.8) is 0 Å². The third-order valence-corrected chi connectivity index (χ3v) is 5.07. The molecule has 5 rings (SSSR count). The quantitative estimate of drug-likeness (QED) is 0.498. The van der Waals surface area contributed by atoms with E-state index in [0.29, 0.717) is 37.2 Å². The number of rotatable bonds is 5. The zero-order chi connectivity index (χ0) is 20.5. The maximum Gasteiger partial charge on any atom is 0.280 e. The number of benzene rings is 2. The molecule has 0 fully saturated rings. The predicted molar refractivity (Wildman–Crippen MR) is 109 cm³/mol. The standard InChI is InChI=1S/C22H21N5O3/c1-3-28-17-9-7-15(8-10-17)19-12-27-18(13-29-19)20(24-26-27)22-23-21(25-30-22)16-6-4-5-14(2)11-16/h4-11,19H,3,12-13H2,1-2H3. The summed E-state index contributed by atoms with van der Waals surface area (Å²) in [6, 6.07) is 15.9. The molecule has 2 aromatic carbocycles. The molecule has 0 N–H and O–H groups in total. The van der Waals surface area contributed by atoms with Crippen molar-refractivity contribution in [3.05, 3.63) is 65.4 Å². The Morgan fingerprint density at radius 2 is 2.03 bits per heavy atom. The van der Waals surface area contributed by atoms with E-state index in [1.807, 2.05) is 67.1 Å². The lowest BCUT2D eigenvalue weighted by molar-refractivity contribution is -0.00119. The van der Waals surface area contributed by atoms with Crippen LogP contribution in [0.1, 0.15) is 29.8 Å². The largest absolute Gasteiger partial charge is 0.494 e. The van der Waals surface area contributed by atoms with Crippen molar-refractivity contribution >= 4 is 0 Å². The molecule has 152 valence electrons. The first-order chi connectivity index (χ1) is 14.7. The summed E-state index contributed by atoms with van der Waals surface area (Å²) < 4.78 is 18.9. The average Bonchev–Trinajstić information content (AvgIpc) is 3.41. The summed E-state index contributed by atoms with van der Waals surface area (Å²) in [6.07, 6.45) is -0.103. The molecule has 2 aromatic heterocycles. The molecular weight excluding hydrogens is 382 g/mol. The molecule has 30 heavy (non-hydrogen) atoms. The second kappa shape index (κ2) is 7.72. The van der Waals surface area contributed by atoms with Crippen LogP contribution in [0.15, 0.2) is 53.1 Å². The molecule has 3 heterocycles. The molecular formula is C22H21N5O3. The van der Waals surface area contributed by atoms with Gasteiger partial charge in [0.25, 0.3) is 5.89 Å². The lowest BCUT2D eigenvalue weighted by Crippen LogP contribution is -2.22. The second-order valence-electron chi connectivity index (χ2n) is 7.16. The van der Waals surface area contributed by atoms with Gasteiger partial charge in [0, 0.05) is 5.56 Å². The van der Waals surface area contributed by atoms with E-state index >= 15 is 0 Å². The van der Waals surface area contributed by atoms with Gasteiger partial charge in [-0.1, -0.05) is 46.3 Å². The Morgan fingerprint density at radius 1 is 1.17 bits per heavy atom. The van der Waals surface area contributed by atoms with E-state index in [-0.39, 0.29) is 6.10 Å². The van der Waals surface area contributed by atoms with Crippen LogP contribution in [0.5, 0.6) is 5.75 Å². The molecule has 0 saturated carbocycles. The Hall–Kier alpha value is -3.52. The highest BCUT2D eigenvalue weighted by Gasteiger charge is 2.28. The SMILES string of the molecule is CCOc1ccc(C2Cn3nnc(-c4nc(-c5cccc(C)c5)no4)c3CO2)cc1. The van der Waals surface area contributed by atoms with Crippen LogP contribution in [-0.4, -0.2) is 31.7 Å². The number of ether oxygens (including phenoxy) is 2. The highest BCUT2D eigenvalue weighted by molar-refractivity contribution is 5.59. The van der Waals surface area contributed by atoms with E-state index < -0.39 is 0 Å². The minimum atomic E-state index is -0.103. The highest BCUT2D eigenvalue weighted by Crippen LogP contribution is 2.31. The molecule has 1 aliphatic heterocycles. The maximum absolute atomic E-state index is 6.09. The number of hydrogen-bond acceptors (Lipinski definition) is 7. The van der Waals surface area contributed by atoms with E-state index in [4.69, 9.17) is 14.0 Å². The van der Waals surface area contributed by atoms with E-state index in [2.05, 4.69) is 20.5 Å². The van der Waals surface area contributed by atoms with Gasteiger partial charge in [0.15, 0.2) is 5.69 Å². The predicted octanol–water partition coefficient (Wildman–Crippen LogP) is 3.97. The van der Waals surface area contributed by atoms with Crippen LogP contribution in [0.2, 0.25) is 0 Å². The number of hydrogen-bond donors (Lipinski definition) is 0. The van der Waals surface area contributed by atoms with Crippen molar-refractivity contribution < 1.29 is 14.0 Å². The van der Waals surface area contributed by atoms with Crippen LogP contribution in [-0.2, 0) is 17.9 Å². The number of aryl methyl sites for hydroxylation is 1. The second-order valence-corrected chi connectivity index (χ2v) is 7.16. The molecule has 0 radical (unpaired) electrons. The van der Waals surface area contributed by atoms with Gasteiger partial charge in [0.1, 0.15) is 11.9 Å². The highest BCUT2D eigenvalue weighted by atomic mass is 16.5. The van der Waals surface area contributed by atoms with Crippen molar-refractivity contribution in [1.29, 1.82) is 0 Å². The Bertz CT molecular complexity index is 1170. The summed E-state index contributed by atoms with van der Waals surface area (Å²) >= 11 is 0. The van der Waals surface area contributed by atoms with Crippen molar-refractivity contribution in [2.45, 2.75) is 33.1 Å². The zero-order valence-electron chi connectivity index (χ0n) is 16.8. The topological polar surface area (TPSA) is 88.1 Å². The van der Waals surface area contributed by atoms with Gasteiger partial charge in [0.05, 0.1) is 25.5 Å². The third kappa shape index (κ3) is 3.46. The Morgan fingerprint density at radius 3 is 2.83 bits per heavy atom. The van der Waals surface area contributed by atoms with Crippen LogP contribution in [0.25, 0.3) is 23.0 Å². The van der Waals surface area contributed by atoms with Crippen molar-refractivity contribution in [1.82, 2.24) is 25.1 Å². The number of aromatic nitrogens is 5. The monoisotopic (exact) mass is 403 g/mol. The summed E-state index contributed by atoms with van der Waals surface area (Å²) in [7, 11) is 0. The van der Waals surface area contributed by atoms with E-state index in [0.717, 1.165) is 28.1 Å². The van der Waals surface area contributed by atoms with Crippen LogP contribution >= 0.6 is 0 Å². The molecule has 0 spiro atoms. The molecule has 4 aromatic rings. The van der Waals surface area contributed by atoms with Crippen LogP contribution in [0, 0.1) is 6.92 Å². The Kier molecular flexibility index (Phi) is 4.76. The molecule has 1 unspecified atom stereocenters. The lowest BCUT2D eigenvalue weighted by atomic mass is 10.1. The first-order valence-corrected chi connectivity index (χ1v) is 9.89. The normalized spacial score (nSPS) is 15.7. The molecule has 0 saturated heterocycles. The van der Waals surface area contributed by atoms with Gasteiger partial charge in [-0.3, -0.25) is 0 Å². The minimum absolute atomic E-state index is 0.103. The Balaban J connectivity index is 1.36. The lowest BCUT2D eigenvalue weighted by Gasteiger charge is -2.24. The van der Waals surface area contributed by atoms with Crippen LogP contribution in [0.4, 0.5) is 0 Å². The van der Waals surface area contributed by atoms with E-state index in [1.54, 1.807) is 0 Å². The molecule has 1 atom stereocenters. The molecule has 0 aliphatic carbocycles. The first-order valence-electron chi connectivity index (χ1n) is 9.89. The average molecular weight is 403 g/mol. The van der Waals surface area contributed by atoms with Crippen LogP contribution in [0.3, 0.4) is 0 Å². The van der Waals surface area contributed by atoms with E-state index in [9.17, 15) is 0 Å². The van der Waals surface area contributed by atoms with Gasteiger partial charge in [-0.25, -0.2) is 4.68 Å². The van der Waals surface area contributed by atoms with Gasteiger partial charge in [-0.05, 0) is 37.6 Å². The molecule has 1 aliphatic rings. The number of nitrogens with zero attached hydrogens (tertiary/aromatic N) is 5. The molecule has 0 bridgehead atoms. The third-order valence-electron chi connectivity index (χ3n) is 5.07. The summed E-state index contributed by atoms with van der Waals surface area (Å²) in [5.41, 5.74) is 4.50. The summed E-state index contributed by atoms with van der Waals surface area (Å²) in [4.78, 5) is 4.51. The molecule has 8 heteroatoms. The fourth-order valence-electron chi connectivity index (χ4n) is 3.55. The Labute approximate surface area is 173 Å². The molecule has 8 nitrogen and oxygen atoms in total. The van der Waals surface area contributed by atoms with Gasteiger partial charge in [-0.15, -0.1) is 5.10 Å². The van der Waals surface area contributed by atoms with Crippen LogP contribution < -0.4 is 4.74 Å². The maximum atomic E-state index is 6.09. The zero-order valence-corrected chi connectivity index (χ0v) is 16.8. The van der Waals surface area contributed by atoms with Crippen molar-refractivity contribution in [2.75, 3.05) is 6.61 Å². The van der Waals surface area contributed by atoms with E-state index in [1.165, 1.54) is 0 Å². The smallest absolute Gasteiger partial charge is 0.280 e. The van der Waals surface area contributed by atoms with Gasteiger partial charge < -0.3 is 14.0 Å².